The van der Waals surface area contributed by atoms with E-state index in [1.54, 1.807) is 4.90 Å². The number of aryl methyl sites for hydroxylation is 1. The van der Waals surface area contributed by atoms with E-state index in [0.717, 1.165) is 17.0 Å². The van der Waals surface area contributed by atoms with E-state index in [0.29, 0.717) is 24.7 Å². The molecule has 1 saturated heterocycles. The van der Waals surface area contributed by atoms with Gasteiger partial charge >= 0.3 is 0 Å². The first-order valence-corrected chi connectivity index (χ1v) is 12.3. The molecule has 0 unspecified atom stereocenters. The van der Waals surface area contributed by atoms with Crippen LogP contribution in [0.1, 0.15) is 25.8 Å². The number of aromatic nitrogens is 3. The van der Waals surface area contributed by atoms with Crippen molar-refractivity contribution in [2.75, 3.05) is 23.8 Å². The van der Waals surface area contributed by atoms with Crippen LogP contribution in [-0.4, -0.2) is 63.8 Å². The molecule has 0 saturated carbocycles. The summed E-state index contributed by atoms with van der Waals surface area (Å²) in [6.07, 6.45) is 0.523. The zero-order valence-corrected chi connectivity index (χ0v) is 18.1. The number of carbonyl (C=O) groups excluding carboxylic acids is 1. The number of carbonyl (C=O) groups is 1. The van der Waals surface area contributed by atoms with Gasteiger partial charge in [-0.1, -0.05) is 36.0 Å². The molecule has 1 aromatic heterocycles. The second-order valence-electron chi connectivity index (χ2n) is 6.89. The molecule has 1 aliphatic rings. The van der Waals surface area contributed by atoms with Crippen LogP contribution in [0.5, 0.6) is 0 Å². The molecule has 7 nitrogen and oxygen atoms in total. The van der Waals surface area contributed by atoms with Crippen molar-refractivity contribution in [3.05, 3.63) is 29.8 Å². The summed E-state index contributed by atoms with van der Waals surface area (Å²) in [6, 6.07) is 7.80. The molecule has 0 spiro atoms. The molecular weight excluding hydrogens is 396 g/mol. The molecular formula is C19H26N4O3S2. The van der Waals surface area contributed by atoms with Gasteiger partial charge in [-0.05, 0) is 32.8 Å². The summed E-state index contributed by atoms with van der Waals surface area (Å²) in [5.74, 6) is 1.19. The first kappa shape index (κ1) is 20.9. The molecule has 1 aliphatic heterocycles. The minimum absolute atomic E-state index is 0.0577. The van der Waals surface area contributed by atoms with Crippen LogP contribution < -0.4 is 0 Å². The number of nitrogens with zero attached hydrogens (tertiary/aromatic N) is 4. The van der Waals surface area contributed by atoms with Gasteiger partial charge in [-0.2, -0.15) is 0 Å². The molecule has 1 atom stereocenters. The van der Waals surface area contributed by atoms with E-state index in [2.05, 4.69) is 10.2 Å². The van der Waals surface area contributed by atoms with Gasteiger partial charge in [0.2, 0.25) is 5.91 Å². The SMILES string of the molecule is CCN(C(=O)CSc1nnc(-c2ccccc2C)n1CC)[C@@H]1CCS(=O)(=O)C1. The van der Waals surface area contributed by atoms with Crippen LogP contribution in [-0.2, 0) is 21.2 Å². The van der Waals surface area contributed by atoms with Crippen LogP contribution in [0.4, 0.5) is 0 Å². The predicted molar refractivity (Wildman–Crippen MR) is 111 cm³/mol. The van der Waals surface area contributed by atoms with Crippen LogP contribution in [0, 0.1) is 6.92 Å². The molecule has 2 aromatic rings. The first-order valence-electron chi connectivity index (χ1n) is 9.48. The zero-order chi connectivity index (χ0) is 20.3. The number of amides is 1. The maximum Gasteiger partial charge on any atom is 0.233 e. The maximum atomic E-state index is 12.7. The zero-order valence-electron chi connectivity index (χ0n) is 16.5. The lowest BCUT2D eigenvalue weighted by molar-refractivity contribution is -0.129. The lowest BCUT2D eigenvalue weighted by Gasteiger charge is -2.26. The topological polar surface area (TPSA) is 85.2 Å². The van der Waals surface area contributed by atoms with Crippen LogP contribution in [0.15, 0.2) is 29.4 Å². The smallest absolute Gasteiger partial charge is 0.233 e. The van der Waals surface area contributed by atoms with Crippen molar-refractivity contribution < 1.29 is 13.2 Å². The number of rotatable bonds is 7. The van der Waals surface area contributed by atoms with Crippen LogP contribution in [0.3, 0.4) is 0 Å². The molecule has 1 amide bonds. The Balaban J connectivity index is 1.72. The Morgan fingerprint density at radius 1 is 1.29 bits per heavy atom. The average molecular weight is 423 g/mol. The van der Waals surface area contributed by atoms with Gasteiger partial charge in [-0.25, -0.2) is 8.42 Å². The van der Waals surface area contributed by atoms with Crippen molar-refractivity contribution in [2.45, 2.75) is 44.9 Å². The molecule has 28 heavy (non-hydrogen) atoms. The Hall–Kier alpha value is -1.87. The highest BCUT2D eigenvalue weighted by atomic mass is 32.2. The molecule has 0 radical (unpaired) electrons. The number of thioether (sulfide) groups is 1. The van der Waals surface area contributed by atoms with Gasteiger partial charge in [0.25, 0.3) is 0 Å². The summed E-state index contributed by atoms with van der Waals surface area (Å²) in [5.41, 5.74) is 2.15. The van der Waals surface area contributed by atoms with E-state index < -0.39 is 9.84 Å². The molecule has 0 aliphatic carbocycles. The van der Waals surface area contributed by atoms with Crippen molar-refractivity contribution in [3.63, 3.8) is 0 Å². The van der Waals surface area contributed by atoms with E-state index in [1.165, 1.54) is 11.8 Å². The predicted octanol–water partition coefficient (Wildman–Crippen LogP) is 2.40. The fraction of sp³-hybridized carbons (Fsp3) is 0.526. The lowest BCUT2D eigenvalue weighted by Crippen LogP contribution is -2.42. The number of benzene rings is 1. The Kier molecular flexibility index (Phi) is 6.44. The first-order chi connectivity index (χ1) is 13.4. The molecule has 9 heteroatoms. The van der Waals surface area contributed by atoms with E-state index in [-0.39, 0.29) is 29.2 Å². The summed E-state index contributed by atoms with van der Waals surface area (Å²) < 4.78 is 25.5. The largest absolute Gasteiger partial charge is 0.338 e. The Morgan fingerprint density at radius 3 is 2.64 bits per heavy atom. The van der Waals surface area contributed by atoms with Gasteiger partial charge in [0.1, 0.15) is 0 Å². The van der Waals surface area contributed by atoms with Gasteiger partial charge in [-0.3, -0.25) is 4.79 Å². The van der Waals surface area contributed by atoms with Crippen LogP contribution in [0.2, 0.25) is 0 Å². The lowest BCUT2D eigenvalue weighted by atomic mass is 10.1. The normalized spacial score (nSPS) is 18.3. The maximum absolute atomic E-state index is 12.7. The highest BCUT2D eigenvalue weighted by Crippen LogP contribution is 2.27. The summed E-state index contributed by atoms with van der Waals surface area (Å²) in [7, 11) is -3.02. The molecule has 3 rings (SSSR count). The van der Waals surface area contributed by atoms with E-state index >= 15 is 0 Å². The Morgan fingerprint density at radius 2 is 2.04 bits per heavy atom. The molecule has 0 bridgehead atoms. The second-order valence-corrected chi connectivity index (χ2v) is 10.1. The third-order valence-corrected chi connectivity index (χ3v) is 7.76. The minimum atomic E-state index is -3.02. The Bertz CT molecular complexity index is 956. The van der Waals surface area contributed by atoms with Crippen molar-refractivity contribution >= 4 is 27.5 Å². The van der Waals surface area contributed by atoms with Crippen LogP contribution >= 0.6 is 11.8 Å². The number of hydrogen-bond donors (Lipinski definition) is 0. The minimum Gasteiger partial charge on any atom is -0.338 e. The standard InChI is InChI=1S/C19H26N4O3S2/c1-4-22(15-10-11-28(25,26)13-15)17(24)12-27-19-21-20-18(23(19)5-2)16-9-7-6-8-14(16)3/h6-9,15H,4-5,10-13H2,1-3H3/t15-/m1/s1. The molecule has 1 aromatic carbocycles. The summed E-state index contributed by atoms with van der Waals surface area (Å²) >= 11 is 1.35. The number of sulfone groups is 1. The number of hydrogen-bond acceptors (Lipinski definition) is 6. The highest BCUT2D eigenvalue weighted by molar-refractivity contribution is 7.99. The molecule has 2 heterocycles. The monoisotopic (exact) mass is 422 g/mol. The van der Waals surface area contributed by atoms with E-state index in [4.69, 9.17) is 0 Å². The average Bonchev–Trinajstić information content (AvgIpc) is 3.23. The molecule has 152 valence electrons. The van der Waals surface area contributed by atoms with Gasteiger partial charge in [0, 0.05) is 24.7 Å². The fourth-order valence-electron chi connectivity index (χ4n) is 3.57. The van der Waals surface area contributed by atoms with Crippen molar-refractivity contribution in [2.24, 2.45) is 0 Å². The summed E-state index contributed by atoms with van der Waals surface area (Å²) in [5, 5.41) is 9.34. The third-order valence-electron chi connectivity index (χ3n) is 5.05. The fourth-order valence-corrected chi connectivity index (χ4v) is 6.19. The quantitative estimate of drug-likeness (QED) is 0.637. The van der Waals surface area contributed by atoms with E-state index in [9.17, 15) is 13.2 Å². The van der Waals surface area contributed by atoms with E-state index in [1.807, 2.05) is 49.6 Å². The van der Waals surface area contributed by atoms with Gasteiger partial charge in [0.15, 0.2) is 20.8 Å². The van der Waals surface area contributed by atoms with Crippen LogP contribution in [0.25, 0.3) is 11.4 Å². The van der Waals surface area contributed by atoms with Crippen molar-refractivity contribution in [3.8, 4) is 11.4 Å². The van der Waals surface area contributed by atoms with Crippen molar-refractivity contribution in [1.29, 1.82) is 0 Å². The molecule has 1 fully saturated rings. The summed E-state index contributed by atoms with van der Waals surface area (Å²) in [4.78, 5) is 14.4. The molecule has 0 N–H and O–H groups in total. The third kappa shape index (κ3) is 4.41. The van der Waals surface area contributed by atoms with Crippen molar-refractivity contribution in [1.82, 2.24) is 19.7 Å². The Labute approximate surface area is 170 Å². The summed E-state index contributed by atoms with van der Waals surface area (Å²) in [6.45, 7) is 7.16. The second kappa shape index (κ2) is 8.65. The van der Waals surface area contributed by atoms with Gasteiger partial charge in [-0.15, -0.1) is 10.2 Å². The highest BCUT2D eigenvalue weighted by Gasteiger charge is 2.33. The van der Waals surface area contributed by atoms with Gasteiger partial charge < -0.3 is 9.47 Å². The van der Waals surface area contributed by atoms with Gasteiger partial charge in [0.05, 0.1) is 17.3 Å².